The third kappa shape index (κ3) is 4.04. The highest BCUT2D eigenvalue weighted by Gasteiger charge is 2.32. The summed E-state index contributed by atoms with van der Waals surface area (Å²) in [4.78, 5) is 13.7. The number of aromatic nitrogens is 1. The third-order valence-corrected chi connectivity index (χ3v) is 6.38. The lowest BCUT2D eigenvalue weighted by molar-refractivity contribution is -0.555. The van der Waals surface area contributed by atoms with Crippen LogP contribution in [0.3, 0.4) is 0 Å². The molecule has 0 atom stereocenters. The van der Waals surface area contributed by atoms with Crippen molar-refractivity contribution >= 4 is 22.6 Å². The fourth-order valence-corrected chi connectivity index (χ4v) is 4.50. The van der Waals surface area contributed by atoms with Crippen molar-refractivity contribution in [2.24, 2.45) is 7.05 Å². The van der Waals surface area contributed by atoms with Gasteiger partial charge in [-0.1, -0.05) is 6.07 Å². The Morgan fingerprint density at radius 2 is 1.73 bits per heavy atom. The molecule has 3 aromatic rings. The van der Waals surface area contributed by atoms with E-state index in [2.05, 4.69) is 0 Å². The van der Waals surface area contributed by atoms with Gasteiger partial charge in [0.25, 0.3) is 0 Å². The molecule has 0 aliphatic carbocycles. The molecule has 0 spiro atoms. The maximum absolute atomic E-state index is 13.7. The van der Waals surface area contributed by atoms with Crippen LogP contribution in [-0.2, 0) is 18.0 Å². The van der Waals surface area contributed by atoms with Crippen molar-refractivity contribution in [2.75, 3.05) is 26.3 Å². The van der Waals surface area contributed by atoms with Crippen LogP contribution in [0, 0.1) is 20.8 Å². The van der Waals surface area contributed by atoms with Gasteiger partial charge in [-0.15, -0.1) is 0 Å². The number of hydrogen-bond donors (Lipinski definition) is 1. The average Bonchev–Trinajstić information content (AvgIpc) is 3.10. The predicted molar refractivity (Wildman–Crippen MR) is 120 cm³/mol. The first kappa shape index (κ1) is 23.0. The first-order chi connectivity index (χ1) is 15.5. The van der Waals surface area contributed by atoms with E-state index in [4.69, 9.17) is 4.74 Å². The molecule has 1 aromatic heterocycles. The number of fused-ring (bicyclic) bond motifs is 1. The molecule has 1 aliphatic rings. The van der Waals surface area contributed by atoms with Crippen molar-refractivity contribution in [3.8, 4) is 0 Å². The molecule has 174 valence electrons. The second-order valence-corrected chi connectivity index (χ2v) is 8.49. The zero-order valence-corrected chi connectivity index (χ0v) is 19.0. The molecule has 2 aromatic carbocycles. The predicted octanol–water partition coefficient (Wildman–Crippen LogP) is 4.70. The summed E-state index contributed by atoms with van der Waals surface area (Å²) < 4.78 is 48.6. The number of halogens is 3. The third-order valence-electron chi connectivity index (χ3n) is 6.38. The molecule has 1 saturated heterocycles. The molecule has 1 aliphatic heterocycles. The van der Waals surface area contributed by atoms with Crippen molar-refractivity contribution in [2.45, 2.75) is 26.9 Å². The Labute approximate surface area is 189 Å². The van der Waals surface area contributed by atoms with E-state index in [1.165, 1.54) is 4.57 Å². The number of hydrogen-bond acceptors (Lipinski definition) is 2. The minimum Gasteiger partial charge on any atom is -0.460 e. The molecule has 0 amide bonds. The number of alkyl halides is 3. The Bertz CT molecular complexity index is 1290. The van der Waals surface area contributed by atoms with E-state index in [1.807, 2.05) is 11.5 Å². The van der Waals surface area contributed by atoms with E-state index in [0.29, 0.717) is 65.2 Å². The number of rotatable bonds is 3. The number of carbonyl (C=O) groups is 1. The van der Waals surface area contributed by atoms with Gasteiger partial charge in [-0.05, 0) is 61.7 Å². The van der Waals surface area contributed by atoms with E-state index in [1.54, 1.807) is 39.1 Å². The van der Waals surface area contributed by atoms with Crippen LogP contribution in [0.1, 0.15) is 43.9 Å². The van der Waals surface area contributed by atoms with Gasteiger partial charge in [0, 0.05) is 23.5 Å². The SMILES string of the molecule is Cc1ccc(C(O)=[N+]2CCOCC2)c(C)c1C(=O)c1cc2c(C)cc(C(F)(F)F)cc2n1C. The van der Waals surface area contributed by atoms with Crippen LogP contribution in [-0.4, -0.2) is 52.2 Å². The highest BCUT2D eigenvalue weighted by molar-refractivity contribution is 6.13. The molecular formula is C25H26F3N2O3+. The Morgan fingerprint density at radius 3 is 2.36 bits per heavy atom. The van der Waals surface area contributed by atoms with E-state index in [9.17, 15) is 23.1 Å². The summed E-state index contributed by atoms with van der Waals surface area (Å²) >= 11 is 0. The molecule has 0 radical (unpaired) electrons. The number of aliphatic hydroxyl groups excluding tert-OH is 1. The first-order valence-electron chi connectivity index (χ1n) is 10.7. The molecule has 1 fully saturated rings. The van der Waals surface area contributed by atoms with Gasteiger partial charge in [0.05, 0.1) is 16.8 Å². The number of ether oxygens (including phenoxy) is 1. The Hall–Kier alpha value is -3.13. The lowest BCUT2D eigenvalue weighted by Gasteiger charge is -2.15. The number of ketones is 1. The van der Waals surface area contributed by atoms with Crippen LogP contribution < -0.4 is 0 Å². The fourth-order valence-electron chi connectivity index (χ4n) is 4.50. The summed E-state index contributed by atoms with van der Waals surface area (Å²) in [6.45, 7) is 7.32. The minimum absolute atomic E-state index is 0.0903. The molecule has 8 heteroatoms. The van der Waals surface area contributed by atoms with Crippen LogP contribution in [0.4, 0.5) is 13.2 Å². The Balaban J connectivity index is 1.85. The van der Waals surface area contributed by atoms with Gasteiger partial charge in [-0.2, -0.15) is 17.7 Å². The molecule has 33 heavy (non-hydrogen) atoms. The monoisotopic (exact) mass is 459 g/mol. The van der Waals surface area contributed by atoms with Gasteiger partial charge in [-0.3, -0.25) is 4.79 Å². The molecule has 0 bridgehead atoms. The quantitative estimate of drug-likeness (QED) is 0.351. The van der Waals surface area contributed by atoms with Gasteiger partial charge < -0.3 is 14.4 Å². The van der Waals surface area contributed by atoms with Gasteiger partial charge in [0.2, 0.25) is 5.78 Å². The van der Waals surface area contributed by atoms with Gasteiger partial charge in [0.1, 0.15) is 13.2 Å². The Morgan fingerprint density at radius 1 is 1.06 bits per heavy atom. The first-order valence-corrected chi connectivity index (χ1v) is 10.7. The number of aliphatic hydroxyl groups is 1. The maximum Gasteiger partial charge on any atom is 0.416 e. The topological polar surface area (TPSA) is 54.5 Å². The summed E-state index contributed by atoms with van der Waals surface area (Å²) in [6, 6.07) is 7.38. The normalized spacial score (nSPS) is 14.7. The standard InChI is InChI=1S/C25H25F3N2O3/c1-14-5-6-18(24(32)30-7-9-33-10-8-30)16(3)22(14)23(31)21-13-19-15(2)11-17(25(26,27)28)12-20(19)29(21)4/h5-6,11-13H,7-10H2,1-4H3/p+1. The molecule has 2 heterocycles. The van der Waals surface area contributed by atoms with Crippen LogP contribution in [0.25, 0.3) is 10.9 Å². The van der Waals surface area contributed by atoms with Crippen LogP contribution in [0.2, 0.25) is 0 Å². The number of carbonyl (C=O) groups excluding carboxylic acids is 1. The zero-order chi connectivity index (χ0) is 24.1. The van der Waals surface area contributed by atoms with Crippen LogP contribution in [0.5, 0.6) is 0 Å². The van der Waals surface area contributed by atoms with Gasteiger partial charge in [-0.25, -0.2) is 0 Å². The second kappa shape index (κ2) is 8.33. The number of aryl methyl sites for hydroxylation is 3. The average molecular weight is 459 g/mol. The van der Waals surface area contributed by atoms with Gasteiger partial charge in [0.15, 0.2) is 13.1 Å². The Kier molecular flexibility index (Phi) is 5.82. The van der Waals surface area contributed by atoms with E-state index in [-0.39, 0.29) is 11.7 Å². The van der Waals surface area contributed by atoms with Crippen molar-refractivity contribution < 1.29 is 32.4 Å². The summed E-state index contributed by atoms with van der Waals surface area (Å²) in [5.41, 5.74) is 2.70. The van der Waals surface area contributed by atoms with Crippen molar-refractivity contribution in [1.82, 2.24) is 4.57 Å². The van der Waals surface area contributed by atoms with Crippen LogP contribution >= 0.6 is 0 Å². The largest absolute Gasteiger partial charge is 0.460 e. The van der Waals surface area contributed by atoms with Crippen molar-refractivity contribution in [3.05, 3.63) is 69.4 Å². The van der Waals surface area contributed by atoms with Crippen LogP contribution in [0.15, 0.2) is 30.3 Å². The number of nitrogens with zero attached hydrogens (tertiary/aromatic N) is 2. The lowest BCUT2D eigenvalue weighted by Crippen LogP contribution is -2.34. The molecule has 0 saturated carbocycles. The summed E-state index contributed by atoms with van der Waals surface area (Å²) in [5, 5.41) is 11.5. The van der Waals surface area contributed by atoms with E-state index < -0.39 is 11.7 Å². The zero-order valence-electron chi connectivity index (χ0n) is 19.0. The second-order valence-electron chi connectivity index (χ2n) is 8.49. The highest BCUT2D eigenvalue weighted by Crippen LogP contribution is 2.35. The highest BCUT2D eigenvalue weighted by atomic mass is 19.4. The lowest BCUT2D eigenvalue weighted by atomic mass is 9.93. The van der Waals surface area contributed by atoms with E-state index >= 15 is 0 Å². The number of morpholine rings is 1. The summed E-state index contributed by atoms with van der Waals surface area (Å²) in [7, 11) is 1.60. The smallest absolute Gasteiger partial charge is 0.416 e. The maximum atomic E-state index is 13.7. The molecule has 1 N–H and O–H groups in total. The molecule has 4 rings (SSSR count). The molecule has 0 unspecified atom stereocenters. The molecular weight excluding hydrogens is 433 g/mol. The van der Waals surface area contributed by atoms with Gasteiger partial charge >= 0.3 is 12.1 Å². The minimum atomic E-state index is -4.47. The van der Waals surface area contributed by atoms with Crippen molar-refractivity contribution in [1.29, 1.82) is 0 Å². The fraction of sp³-hybridized carbons (Fsp3) is 0.360. The number of benzene rings is 2. The summed E-state index contributed by atoms with van der Waals surface area (Å²) in [6.07, 6.45) is -4.47. The molecule has 5 nitrogen and oxygen atoms in total. The van der Waals surface area contributed by atoms with Crippen molar-refractivity contribution in [3.63, 3.8) is 0 Å². The van der Waals surface area contributed by atoms with E-state index in [0.717, 1.165) is 17.7 Å². The summed E-state index contributed by atoms with van der Waals surface area (Å²) in [5.74, 6) is -0.208.